The first-order chi connectivity index (χ1) is 18.0. The summed E-state index contributed by atoms with van der Waals surface area (Å²) in [6.07, 6.45) is 2.83. The maximum Gasteiger partial charge on any atom is 0.447 e. The Morgan fingerprint density at radius 3 is 2.87 bits per heavy atom. The van der Waals surface area contributed by atoms with Crippen molar-refractivity contribution in [3.05, 3.63) is 30.3 Å². The fraction of sp³-hybridized carbons (Fsp3) is 0.480. The summed E-state index contributed by atoms with van der Waals surface area (Å²) < 4.78 is 61.8. The summed E-state index contributed by atoms with van der Waals surface area (Å²) in [5, 5.41) is 9.44. The lowest BCUT2D eigenvalue weighted by molar-refractivity contribution is -0.116. The van der Waals surface area contributed by atoms with Crippen LogP contribution < -0.4 is 10.6 Å². The zero-order valence-electron chi connectivity index (χ0n) is 20.7. The number of nitrogens with one attached hydrogen (secondary N) is 2. The van der Waals surface area contributed by atoms with Crippen molar-refractivity contribution >= 4 is 28.9 Å². The molecule has 1 aliphatic carbocycles. The summed E-state index contributed by atoms with van der Waals surface area (Å²) in [4.78, 5) is 18.1. The van der Waals surface area contributed by atoms with Gasteiger partial charge in [-0.05, 0) is 57.4 Å². The van der Waals surface area contributed by atoms with E-state index in [1.165, 1.54) is 16.7 Å². The molecule has 2 atom stereocenters. The van der Waals surface area contributed by atoms with Crippen LogP contribution in [-0.4, -0.2) is 63.2 Å². The van der Waals surface area contributed by atoms with Crippen molar-refractivity contribution < 1.29 is 26.9 Å². The molecule has 2 fully saturated rings. The molecule has 13 heteroatoms. The number of pyridine rings is 1. The maximum absolute atomic E-state index is 14.7. The van der Waals surface area contributed by atoms with E-state index in [0.29, 0.717) is 24.2 Å². The van der Waals surface area contributed by atoms with Gasteiger partial charge in [0.15, 0.2) is 0 Å². The van der Waals surface area contributed by atoms with Crippen LogP contribution in [0, 0.1) is 17.3 Å². The minimum Gasteiger partial charge on any atom is -0.378 e. The van der Waals surface area contributed by atoms with E-state index in [1.807, 2.05) is 18.9 Å². The number of carbonyl (C=O) groups is 1. The molecule has 1 saturated heterocycles. The van der Waals surface area contributed by atoms with Gasteiger partial charge in [0.05, 0.1) is 34.4 Å². The van der Waals surface area contributed by atoms with Gasteiger partial charge in [-0.15, -0.1) is 0 Å². The molecule has 0 bridgehead atoms. The largest absolute Gasteiger partial charge is 0.447 e. The van der Waals surface area contributed by atoms with Gasteiger partial charge in [0.2, 0.25) is 11.7 Å². The number of rotatable bonds is 6. The Kier molecular flexibility index (Phi) is 7.04. The van der Waals surface area contributed by atoms with Gasteiger partial charge in [-0.1, -0.05) is 11.1 Å². The highest BCUT2D eigenvalue weighted by Crippen LogP contribution is 2.44. The van der Waals surface area contributed by atoms with E-state index in [9.17, 15) is 22.4 Å². The molecule has 1 amide bonds. The number of alkyl halides is 4. The molecular formula is C25H26F4N6O2S. The van der Waals surface area contributed by atoms with E-state index in [-0.39, 0.29) is 52.6 Å². The zero-order valence-corrected chi connectivity index (χ0v) is 21.5. The predicted octanol–water partition coefficient (Wildman–Crippen LogP) is 4.48. The summed E-state index contributed by atoms with van der Waals surface area (Å²) in [6, 6.07) is 4.35. The van der Waals surface area contributed by atoms with E-state index >= 15 is 0 Å². The molecule has 3 aromatic rings. The van der Waals surface area contributed by atoms with Gasteiger partial charge in [-0.2, -0.15) is 18.2 Å². The first-order valence-corrected chi connectivity index (χ1v) is 12.9. The van der Waals surface area contributed by atoms with Crippen molar-refractivity contribution in [2.75, 3.05) is 25.5 Å². The van der Waals surface area contributed by atoms with Crippen molar-refractivity contribution in [2.24, 2.45) is 5.41 Å². The number of hydrogen-bond acceptors (Lipinski definition) is 7. The van der Waals surface area contributed by atoms with Gasteiger partial charge in [0, 0.05) is 36.5 Å². The second kappa shape index (κ2) is 10.1. The van der Waals surface area contributed by atoms with Gasteiger partial charge < -0.3 is 24.5 Å². The lowest BCUT2D eigenvalue weighted by Crippen LogP contribution is -2.46. The molecule has 0 aromatic carbocycles. The maximum atomic E-state index is 14.7. The van der Waals surface area contributed by atoms with Crippen molar-refractivity contribution in [3.63, 3.8) is 0 Å². The minimum atomic E-state index is -4.58. The summed E-state index contributed by atoms with van der Waals surface area (Å²) in [7, 11) is 1.84. The molecule has 1 saturated carbocycles. The monoisotopic (exact) mass is 550 g/mol. The number of carbonyl (C=O) groups excluding carboxylic acids is 1. The Morgan fingerprint density at radius 2 is 2.16 bits per heavy atom. The van der Waals surface area contributed by atoms with Crippen molar-refractivity contribution in [1.82, 2.24) is 24.8 Å². The number of fused-ring (bicyclic) bond motifs is 1. The van der Waals surface area contributed by atoms with E-state index in [0.717, 1.165) is 12.8 Å². The molecule has 3 aromatic heterocycles. The normalized spacial score (nSPS) is 21.1. The molecule has 0 spiro atoms. The number of anilines is 1. The minimum absolute atomic E-state index is 0.0240. The van der Waals surface area contributed by atoms with Gasteiger partial charge in [-0.25, -0.2) is 4.39 Å². The van der Waals surface area contributed by atoms with E-state index < -0.39 is 23.6 Å². The first-order valence-electron chi connectivity index (χ1n) is 12.1. The third-order valence-corrected chi connectivity index (χ3v) is 7.49. The van der Waals surface area contributed by atoms with Crippen LogP contribution in [0.2, 0.25) is 0 Å². The van der Waals surface area contributed by atoms with Crippen LogP contribution in [0.3, 0.4) is 0 Å². The highest BCUT2D eigenvalue weighted by Gasteiger charge is 2.36. The quantitative estimate of drug-likeness (QED) is 0.266. The average Bonchev–Trinajstić information content (AvgIpc) is 3.23. The number of piperidine rings is 1. The molecule has 2 aliphatic rings. The third kappa shape index (κ3) is 6.07. The number of amides is 1. The van der Waals surface area contributed by atoms with Crippen molar-refractivity contribution in [2.45, 2.75) is 55.5 Å². The smallest absolute Gasteiger partial charge is 0.378 e. The van der Waals surface area contributed by atoms with E-state index in [4.69, 9.17) is 4.52 Å². The molecule has 0 unspecified atom stereocenters. The van der Waals surface area contributed by atoms with Crippen LogP contribution in [0.25, 0.3) is 16.9 Å². The number of hydrogen-bond donors (Lipinski definition) is 2. The number of nitrogens with zero attached hydrogens (tertiary/aromatic N) is 4. The van der Waals surface area contributed by atoms with Crippen LogP contribution in [-0.2, 0) is 11.3 Å². The van der Waals surface area contributed by atoms with E-state index in [2.05, 4.69) is 32.6 Å². The van der Waals surface area contributed by atoms with Gasteiger partial charge in [0.1, 0.15) is 6.17 Å². The predicted molar refractivity (Wildman–Crippen MR) is 134 cm³/mol. The van der Waals surface area contributed by atoms with Crippen molar-refractivity contribution in [1.29, 1.82) is 0 Å². The van der Waals surface area contributed by atoms with Crippen molar-refractivity contribution in [3.8, 4) is 23.2 Å². The van der Waals surface area contributed by atoms with Gasteiger partial charge >= 0.3 is 5.51 Å². The molecule has 5 rings (SSSR count). The SMILES string of the molecule is CN1CC[C@@H](Nc2cccn3c(SC(F)(F)F)c(-c4noc(CNC(=O)C#CC5(C)CC5)n4)cc23)[C@@H](F)C1. The second-order valence-corrected chi connectivity index (χ2v) is 11.0. The zero-order chi connectivity index (χ0) is 27.1. The second-order valence-electron chi connectivity index (χ2n) is 9.91. The summed E-state index contributed by atoms with van der Waals surface area (Å²) in [6.45, 7) is 2.83. The van der Waals surface area contributed by atoms with Crippen LogP contribution in [0.5, 0.6) is 0 Å². The topological polar surface area (TPSA) is 87.7 Å². The van der Waals surface area contributed by atoms with E-state index in [1.54, 1.807) is 12.1 Å². The van der Waals surface area contributed by atoms with Crippen LogP contribution >= 0.6 is 11.8 Å². The molecule has 202 valence electrons. The van der Waals surface area contributed by atoms with Crippen LogP contribution in [0.1, 0.15) is 32.1 Å². The Bertz CT molecular complexity index is 1400. The lowest BCUT2D eigenvalue weighted by atomic mass is 10.0. The average molecular weight is 551 g/mol. The highest BCUT2D eigenvalue weighted by atomic mass is 32.2. The third-order valence-electron chi connectivity index (χ3n) is 6.65. The Balaban J connectivity index is 1.41. The van der Waals surface area contributed by atoms with Gasteiger partial charge in [-0.3, -0.25) is 4.79 Å². The molecule has 4 heterocycles. The fourth-order valence-corrected chi connectivity index (χ4v) is 4.98. The first kappa shape index (κ1) is 26.4. The molecular weight excluding hydrogens is 524 g/mol. The molecule has 8 nitrogen and oxygen atoms in total. The molecule has 1 aliphatic heterocycles. The molecule has 0 radical (unpaired) electrons. The number of aromatic nitrogens is 3. The highest BCUT2D eigenvalue weighted by molar-refractivity contribution is 8.00. The fourth-order valence-electron chi connectivity index (χ4n) is 4.24. The Labute approximate surface area is 220 Å². The summed E-state index contributed by atoms with van der Waals surface area (Å²) in [5.41, 5.74) is -3.67. The number of likely N-dealkylation sites (tertiary alicyclic amines) is 1. The number of thioether (sulfide) groups is 1. The van der Waals surface area contributed by atoms with Crippen LogP contribution in [0.4, 0.5) is 23.2 Å². The summed E-state index contributed by atoms with van der Waals surface area (Å²) >= 11 is -0.299. The number of halogens is 4. The Morgan fingerprint density at radius 1 is 1.37 bits per heavy atom. The molecule has 38 heavy (non-hydrogen) atoms. The van der Waals surface area contributed by atoms with Gasteiger partial charge in [0.25, 0.3) is 5.91 Å². The van der Waals surface area contributed by atoms with Crippen LogP contribution in [0.15, 0.2) is 33.9 Å². The summed E-state index contributed by atoms with van der Waals surface area (Å²) in [5.74, 6) is 4.91. The molecule has 2 N–H and O–H groups in total. The lowest BCUT2D eigenvalue weighted by Gasteiger charge is -2.33. The Hall–Kier alpha value is -3.24. The standard InChI is InChI=1S/C25H26F4N6O2S/c1-24(8-9-24)7-5-20(36)30-13-21-32-22(33-37-21)15-12-19-18(31-17-6-11-34(2)14-16(17)26)4-3-10-35(19)23(15)38-25(27,28)29/h3-4,10,12,16-17,31H,6,8-9,11,13-14H2,1-2H3,(H,30,36)/t16-,17+/m0/s1.